The second-order valence-electron chi connectivity index (χ2n) is 3.92. The molecule has 0 unspecified atom stereocenters. The Morgan fingerprint density at radius 3 is 2.50 bits per heavy atom. The van der Waals surface area contributed by atoms with E-state index >= 15 is 0 Å². The summed E-state index contributed by atoms with van der Waals surface area (Å²) >= 11 is 5.69. The van der Waals surface area contributed by atoms with Gasteiger partial charge in [0.05, 0.1) is 5.54 Å². The second-order valence-corrected chi connectivity index (χ2v) is 4.30. The maximum atomic E-state index is 5.69. The van der Waals surface area contributed by atoms with Crippen LogP contribution >= 0.6 is 11.6 Å². The predicted molar refractivity (Wildman–Crippen MR) is 63.5 cm³/mol. The zero-order valence-electron chi connectivity index (χ0n) is 8.70. The smallest absolute Gasteiger partial charge is 0.0563 e. The summed E-state index contributed by atoms with van der Waals surface area (Å²) in [5.41, 5.74) is 1.08. The first-order chi connectivity index (χ1) is 6.64. The van der Waals surface area contributed by atoms with E-state index in [0.29, 0.717) is 5.88 Å². The van der Waals surface area contributed by atoms with Crippen molar-refractivity contribution in [1.82, 2.24) is 0 Å². The van der Waals surface area contributed by atoms with Crippen LogP contribution in [0.2, 0.25) is 0 Å². The van der Waals surface area contributed by atoms with E-state index in [2.05, 4.69) is 18.8 Å². The van der Waals surface area contributed by atoms with E-state index in [1.807, 2.05) is 36.5 Å². The number of halogens is 1. The van der Waals surface area contributed by atoms with Crippen LogP contribution in [0.3, 0.4) is 0 Å². The van der Waals surface area contributed by atoms with Gasteiger partial charge in [-0.2, -0.15) is 0 Å². The Morgan fingerprint density at radius 1 is 1.29 bits per heavy atom. The molecule has 2 heteroatoms. The molecule has 0 bridgehead atoms. The van der Waals surface area contributed by atoms with Crippen LogP contribution in [0.25, 0.3) is 0 Å². The SMILES string of the molecule is CC(C)(CCCl)N=Cc1ccccc1. The standard InChI is InChI=1S/C12H16ClN/c1-12(2,8-9-13)14-10-11-6-4-3-5-7-11/h3-7,10H,8-9H2,1-2H3. The van der Waals surface area contributed by atoms with E-state index in [4.69, 9.17) is 11.6 Å². The van der Waals surface area contributed by atoms with Crippen LogP contribution in [-0.4, -0.2) is 17.6 Å². The molecule has 0 heterocycles. The molecular formula is C12H16ClN. The van der Waals surface area contributed by atoms with Gasteiger partial charge in [0, 0.05) is 12.1 Å². The Morgan fingerprint density at radius 2 is 1.93 bits per heavy atom. The first-order valence-corrected chi connectivity index (χ1v) is 5.34. The third kappa shape index (κ3) is 3.93. The Labute approximate surface area is 90.8 Å². The van der Waals surface area contributed by atoms with Gasteiger partial charge in [-0.25, -0.2) is 0 Å². The molecule has 0 aliphatic carbocycles. The molecule has 0 N–H and O–H groups in total. The number of benzene rings is 1. The quantitative estimate of drug-likeness (QED) is 0.532. The third-order valence-electron chi connectivity index (χ3n) is 2.07. The molecule has 0 spiro atoms. The highest BCUT2D eigenvalue weighted by atomic mass is 35.5. The number of aliphatic imine (C=N–C) groups is 1. The average molecular weight is 210 g/mol. The van der Waals surface area contributed by atoms with Gasteiger partial charge in [0.15, 0.2) is 0 Å². The molecule has 0 amide bonds. The van der Waals surface area contributed by atoms with Gasteiger partial charge in [0.2, 0.25) is 0 Å². The van der Waals surface area contributed by atoms with Crippen molar-refractivity contribution in [1.29, 1.82) is 0 Å². The molecule has 1 rings (SSSR count). The first-order valence-electron chi connectivity index (χ1n) is 4.80. The fourth-order valence-electron chi connectivity index (χ4n) is 1.08. The molecule has 0 aliphatic rings. The molecule has 76 valence electrons. The van der Waals surface area contributed by atoms with E-state index in [-0.39, 0.29) is 5.54 Å². The lowest BCUT2D eigenvalue weighted by Crippen LogP contribution is -2.17. The molecule has 0 atom stereocenters. The summed E-state index contributed by atoms with van der Waals surface area (Å²) in [7, 11) is 0. The maximum Gasteiger partial charge on any atom is 0.0563 e. The van der Waals surface area contributed by atoms with E-state index in [0.717, 1.165) is 12.0 Å². The summed E-state index contributed by atoms with van der Waals surface area (Å²) in [5, 5.41) is 0. The lowest BCUT2D eigenvalue weighted by Gasteiger charge is -2.17. The number of alkyl halides is 1. The van der Waals surface area contributed by atoms with Crippen molar-refractivity contribution < 1.29 is 0 Å². The number of hydrogen-bond donors (Lipinski definition) is 0. The zero-order chi connectivity index (χ0) is 10.4. The summed E-state index contributed by atoms with van der Waals surface area (Å²) in [6.45, 7) is 4.18. The molecule has 0 radical (unpaired) electrons. The van der Waals surface area contributed by atoms with Crippen LogP contribution in [0.5, 0.6) is 0 Å². The van der Waals surface area contributed by atoms with Crippen molar-refractivity contribution >= 4 is 17.8 Å². The first kappa shape index (κ1) is 11.3. The molecule has 0 saturated carbocycles. The van der Waals surface area contributed by atoms with E-state index < -0.39 is 0 Å². The lowest BCUT2D eigenvalue weighted by atomic mass is 10.0. The predicted octanol–water partition coefficient (Wildman–Crippen LogP) is 3.51. The van der Waals surface area contributed by atoms with Crippen molar-refractivity contribution in [3.8, 4) is 0 Å². The van der Waals surface area contributed by atoms with Crippen LogP contribution in [0, 0.1) is 0 Å². The van der Waals surface area contributed by atoms with Crippen molar-refractivity contribution in [2.24, 2.45) is 4.99 Å². The maximum absolute atomic E-state index is 5.69. The van der Waals surface area contributed by atoms with Crippen LogP contribution in [-0.2, 0) is 0 Å². The minimum atomic E-state index is -0.0579. The van der Waals surface area contributed by atoms with Crippen molar-refractivity contribution in [3.05, 3.63) is 35.9 Å². The van der Waals surface area contributed by atoms with Gasteiger partial charge in [-0.15, -0.1) is 11.6 Å². The summed E-state index contributed by atoms with van der Waals surface area (Å²) < 4.78 is 0. The molecule has 1 aromatic carbocycles. The lowest BCUT2D eigenvalue weighted by molar-refractivity contribution is 0.510. The van der Waals surface area contributed by atoms with Gasteiger partial charge in [-0.05, 0) is 25.8 Å². The molecule has 1 nitrogen and oxygen atoms in total. The highest BCUT2D eigenvalue weighted by Gasteiger charge is 2.13. The molecule has 0 aliphatic heterocycles. The molecule has 0 fully saturated rings. The van der Waals surface area contributed by atoms with Crippen LogP contribution in [0.1, 0.15) is 25.8 Å². The largest absolute Gasteiger partial charge is 0.286 e. The number of rotatable bonds is 4. The minimum Gasteiger partial charge on any atom is -0.286 e. The molecule has 1 aromatic rings. The Kier molecular flexibility index (Phi) is 4.15. The fourth-order valence-corrected chi connectivity index (χ4v) is 1.55. The number of hydrogen-bond acceptors (Lipinski definition) is 1. The summed E-state index contributed by atoms with van der Waals surface area (Å²) in [4.78, 5) is 4.51. The van der Waals surface area contributed by atoms with Gasteiger partial charge in [0.25, 0.3) is 0 Å². The fraction of sp³-hybridized carbons (Fsp3) is 0.417. The number of nitrogens with zero attached hydrogens (tertiary/aromatic N) is 1. The highest BCUT2D eigenvalue weighted by molar-refractivity contribution is 6.17. The van der Waals surface area contributed by atoms with Gasteiger partial charge < -0.3 is 0 Å². The van der Waals surface area contributed by atoms with Crippen LogP contribution < -0.4 is 0 Å². The Balaban J connectivity index is 2.64. The normalized spacial score (nSPS) is 12.2. The van der Waals surface area contributed by atoms with Gasteiger partial charge in [-0.3, -0.25) is 4.99 Å². The van der Waals surface area contributed by atoms with E-state index in [9.17, 15) is 0 Å². The highest BCUT2D eigenvalue weighted by Crippen LogP contribution is 2.14. The van der Waals surface area contributed by atoms with Crippen molar-refractivity contribution in [3.63, 3.8) is 0 Å². The summed E-state index contributed by atoms with van der Waals surface area (Å²) in [6, 6.07) is 10.1. The monoisotopic (exact) mass is 209 g/mol. The zero-order valence-corrected chi connectivity index (χ0v) is 9.46. The van der Waals surface area contributed by atoms with Crippen molar-refractivity contribution in [2.45, 2.75) is 25.8 Å². The second kappa shape index (κ2) is 5.16. The third-order valence-corrected chi connectivity index (χ3v) is 2.26. The summed E-state index contributed by atoms with van der Waals surface area (Å²) in [6.07, 6.45) is 2.81. The Bertz CT molecular complexity index is 290. The topological polar surface area (TPSA) is 12.4 Å². The van der Waals surface area contributed by atoms with E-state index in [1.165, 1.54) is 0 Å². The average Bonchev–Trinajstić information content (AvgIpc) is 2.17. The van der Waals surface area contributed by atoms with E-state index in [1.54, 1.807) is 0 Å². The van der Waals surface area contributed by atoms with Gasteiger partial charge >= 0.3 is 0 Å². The molecular weight excluding hydrogens is 194 g/mol. The molecule has 0 saturated heterocycles. The molecule has 0 aromatic heterocycles. The minimum absolute atomic E-state index is 0.0579. The van der Waals surface area contributed by atoms with Gasteiger partial charge in [0.1, 0.15) is 0 Å². The van der Waals surface area contributed by atoms with Crippen LogP contribution in [0.4, 0.5) is 0 Å². The van der Waals surface area contributed by atoms with Crippen LogP contribution in [0.15, 0.2) is 35.3 Å². The summed E-state index contributed by atoms with van der Waals surface area (Å²) in [5.74, 6) is 0.652. The van der Waals surface area contributed by atoms with Gasteiger partial charge in [-0.1, -0.05) is 30.3 Å². The van der Waals surface area contributed by atoms with Crippen molar-refractivity contribution in [2.75, 3.05) is 5.88 Å². The Hall–Kier alpha value is -0.820. The molecule has 14 heavy (non-hydrogen) atoms.